The highest BCUT2D eigenvalue weighted by Gasteiger charge is 2.30. The maximum atomic E-state index is 12.2. The van der Waals surface area contributed by atoms with Crippen LogP contribution in [-0.4, -0.2) is 16.2 Å². The van der Waals surface area contributed by atoms with Crippen LogP contribution in [0.15, 0.2) is 24.3 Å². The zero-order valence-corrected chi connectivity index (χ0v) is 8.53. The zero-order valence-electron chi connectivity index (χ0n) is 8.53. The van der Waals surface area contributed by atoms with E-state index < -0.39 is 30.2 Å². The number of alkyl halides is 3. The summed E-state index contributed by atoms with van der Waals surface area (Å²) < 4.78 is 36.7. The summed E-state index contributed by atoms with van der Waals surface area (Å²) in [4.78, 5) is 10.7. The standard InChI is InChI=1S/C10H10F3NO3/c11-10(12,13)7-3-1-6(2-4-7)8(15)5-9(16)14-17/h1-4,8,15,17H,5H2,(H,14,16). The van der Waals surface area contributed by atoms with Crippen molar-refractivity contribution in [2.24, 2.45) is 0 Å². The van der Waals surface area contributed by atoms with E-state index >= 15 is 0 Å². The molecule has 1 rings (SSSR count). The summed E-state index contributed by atoms with van der Waals surface area (Å²) in [6.07, 6.45) is -6.13. The lowest BCUT2D eigenvalue weighted by molar-refractivity contribution is -0.137. The third-order valence-corrected chi connectivity index (χ3v) is 2.13. The van der Waals surface area contributed by atoms with Gasteiger partial charge < -0.3 is 5.11 Å². The van der Waals surface area contributed by atoms with E-state index in [-0.39, 0.29) is 5.56 Å². The molecule has 1 atom stereocenters. The van der Waals surface area contributed by atoms with Crippen LogP contribution in [0.2, 0.25) is 0 Å². The highest BCUT2D eigenvalue weighted by Crippen LogP contribution is 2.30. The summed E-state index contributed by atoms with van der Waals surface area (Å²) in [5, 5.41) is 17.7. The summed E-state index contributed by atoms with van der Waals surface area (Å²) in [7, 11) is 0. The predicted molar refractivity (Wildman–Crippen MR) is 51.0 cm³/mol. The second-order valence-electron chi connectivity index (χ2n) is 3.37. The Hall–Kier alpha value is -1.60. The van der Waals surface area contributed by atoms with Crippen molar-refractivity contribution in [2.75, 3.05) is 0 Å². The van der Waals surface area contributed by atoms with Crippen LogP contribution in [0.3, 0.4) is 0 Å². The van der Waals surface area contributed by atoms with E-state index in [1.54, 1.807) is 0 Å². The molecular formula is C10H10F3NO3. The molecule has 1 amide bonds. The van der Waals surface area contributed by atoms with Gasteiger partial charge in [-0.1, -0.05) is 12.1 Å². The molecule has 0 spiro atoms. The van der Waals surface area contributed by atoms with E-state index in [0.717, 1.165) is 24.3 Å². The first kappa shape index (κ1) is 13.5. The fourth-order valence-electron chi connectivity index (χ4n) is 1.23. The Kier molecular flexibility index (Phi) is 4.08. The average Bonchev–Trinajstić information content (AvgIpc) is 2.27. The van der Waals surface area contributed by atoms with Crippen molar-refractivity contribution in [3.63, 3.8) is 0 Å². The van der Waals surface area contributed by atoms with Gasteiger partial charge in [-0.2, -0.15) is 13.2 Å². The number of nitrogens with one attached hydrogen (secondary N) is 1. The summed E-state index contributed by atoms with van der Waals surface area (Å²) in [6, 6.07) is 3.79. The van der Waals surface area contributed by atoms with Crippen molar-refractivity contribution in [1.82, 2.24) is 5.48 Å². The zero-order chi connectivity index (χ0) is 13.1. The van der Waals surface area contributed by atoms with Crippen molar-refractivity contribution in [1.29, 1.82) is 0 Å². The first-order valence-electron chi connectivity index (χ1n) is 4.62. The van der Waals surface area contributed by atoms with Crippen LogP contribution in [0.1, 0.15) is 23.7 Å². The fraction of sp³-hybridized carbons (Fsp3) is 0.300. The van der Waals surface area contributed by atoms with E-state index in [1.165, 1.54) is 5.48 Å². The van der Waals surface area contributed by atoms with Gasteiger partial charge in [-0.25, -0.2) is 5.48 Å². The van der Waals surface area contributed by atoms with Crippen LogP contribution in [0.25, 0.3) is 0 Å². The molecule has 0 aliphatic rings. The molecule has 0 heterocycles. The van der Waals surface area contributed by atoms with E-state index in [9.17, 15) is 23.1 Å². The number of rotatable bonds is 3. The smallest absolute Gasteiger partial charge is 0.388 e. The highest BCUT2D eigenvalue weighted by atomic mass is 19.4. The van der Waals surface area contributed by atoms with E-state index in [4.69, 9.17) is 5.21 Å². The number of carbonyl (C=O) groups is 1. The first-order chi connectivity index (χ1) is 7.84. The van der Waals surface area contributed by atoms with E-state index in [1.807, 2.05) is 0 Å². The van der Waals surface area contributed by atoms with Gasteiger partial charge in [0, 0.05) is 0 Å². The Morgan fingerprint density at radius 1 is 1.29 bits per heavy atom. The third-order valence-electron chi connectivity index (χ3n) is 2.13. The van der Waals surface area contributed by atoms with Gasteiger partial charge in [-0.3, -0.25) is 10.0 Å². The number of hydroxylamine groups is 1. The Morgan fingerprint density at radius 2 is 1.82 bits per heavy atom. The molecule has 0 radical (unpaired) electrons. The van der Waals surface area contributed by atoms with Gasteiger partial charge >= 0.3 is 6.18 Å². The van der Waals surface area contributed by atoms with E-state index in [0.29, 0.717) is 0 Å². The van der Waals surface area contributed by atoms with Crippen LogP contribution < -0.4 is 5.48 Å². The molecule has 3 N–H and O–H groups in total. The van der Waals surface area contributed by atoms with Crippen molar-refractivity contribution >= 4 is 5.91 Å². The minimum atomic E-state index is -4.44. The molecule has 0 saturated carbocycles. The lowest BCUT2D eigenvalue weighted by Crippen LogP contribution is -2.21. The Labute approximate surface area is 94.6 Å². The molecule has 1 aromatic carbocycles. The summed E-state index contributed by atoms with van der Waals surface area (Å²) in [6.45, 7) is 0. The average molecular weight is 249 g/mol. The molecule has 7 heteroatoms. The molecule has 94 valence electrons. The lowest BCUT2D eigenvalue weighted by Gasteiger charge is -2.11. The van der Waals surface area contributed by atoms with Crippen molar-refractivity contribution in [3.8, 4) is 0 Å². The molecule has 0 aliphatic carbocycles. The number of aliphatic hydroxyl groups is 1. The monoisotopic (exact) mass is 249 g/mol. The summed E-state index contributed by atoms with van der Waals surface area (Å²) in [5.41, 5.74) is 0.657. The molecule has 0 aromatic heterocycles. The number of halogens is 3. The van der Waals surface area contributed by atoms with E-state index in [2.05, 4.69) is 0 Å². The lowest BCUT2D eigenvalue weighted by atomic mass is 10.0. The summed E-state index contributed by atoms with van der Waals surface area (Å²) >= 11 is 0. The van der Waals surface area contributed by atoms with Gasteiger partial charge in [0.25, 0.3) is 0 Å². The van der Waals surface area contributed by atoms with Gasteiger partial charge in [0.15, 0.2) is 0 Å². The number of amides is 1. The molecule has 0 bridgehead atoms. The largest absolute Gasteiger partial charge is 0.416 e. The van der Waals surface area contributed by atoms with Gasteiger partial charge in [0.2, 0.25) is 5.91 Å². The second kappa shape index (κ2) is 5.15. The highest BCUT2D eigenvalue weighted by molar-refractivity contribution is 5.75. The van der Waals surface area contributed by atoms with Crippen LogP contribution >= 0.6 is 0 Å². The maximum absolute atomic E-state index is 12.2. The molecular weight excluding hydrogens is 239 g/mol. The SMILES string of the molecule is O=C(CC(O)c1ccc(C(F)(F)F)cc1)NO. The molecule has 1 unspecified atom stereocenters. The Bertz CT molecular complexity index is 389. The quantitative estimate of drug-likeness (QED) is 0.563. The Morgan fingerprint density at radius 3 is 2.24 bits per heavy atom. The van der Waals surface area contributed by atoms with Crippen molar-refractivity contribution in [2.45, 2.75) is 18.7 Å². The van der Waals surface area contributed by atoms with Crippen LogP contribution in [-0.2, 0) is 11.0 Å². The molecule has 17 heavy (non-hydrogen) atoms. The molecule has 1 aromatic rings. The van der Waals surface area contributed by atoms with Crippen molar-refractivity contribution in [3.05, 3.63) is 35.4 Å². The predicted octanol–water partition coefficient (Wildman–Crippen LogP) is 1.63. The molecule has 0 saturated heterocycles. The van der Waals surface area contributed by atoms with Crippen molar-refractivity contribution < 1.29 is 28.3 Å². The number of aliphatic hydroxyl groups excluding tert-OH is 1. The van der Waals surface area contributed by atoms with Gasteiger partial charge in [-0.15, -0.1) is 0 Å². The van der Waals surface area contributed by atoms with Crippen LogP contribution in [0.4, 0.5) is 13.2 Å². The number of hydrogen-bond acceptors (Lipinski definition) is 3. The van der Waals surface area contributed by atoms with Gasteiger partial charge in [-0.05, 0) is 17.7 Å². The van der Waals surface area contributed by atoms with Crippen LogP contribution in [0, 0.1) is 0 Å². The van der Waals surface area contributed by atoms with Crippen LogP contribution in [0.5, 0.6) is 0 Å². The third kappa shape index (κ3) is 3.72. The minimum absolute atomic E-state index is 0.168. The number of benzene rings is 1. The Balaban J connectivity index is 2.77. The minimum Gasteiger partial charge on any atom is -0.388 e. The number of carbonyl (C=O) groups excluding carboxylic acids is 1. The second-order valence-corrected chi connectivity index (χ2v) is 3.37. The van der Waals surface area contributed by atoms with Gasteiger partial charge in [0.05, 0.1) is 18.1 Å². The maximum Gasteiger partial charge on any atom is 0.416 e. The first-order valence-corrected chi connectivity index (χ1v) is 4.62. The molecule has 0 aliphatic heterocycles. The molecule has 4 nitrogen and oxygen atoms in total. The number of hydrogen-bond donors (Lipinski definition) is 3. The van der Waals surface area contributed by atoms with Gasteiger partial charge in [0.1, 0.15) is 0 Å². The normalized spacial score (nSPS) is 13.2. The summed E-state index contributed by atoms with van der Waals surface area (Å²) in [5.74, 6) is -0.822. The fourth-order valence-corrected chi connectivity index (χ4v) is 1.23. The topological polar surface area (TPSA) is 69.6 Å². The molecule has 0 fully saturated rings.